The summed E-state index contributed by atoms with van der Waals surface area (Å²) in [5.74, 6) is -0.528. The summed E-state index contributed by atoms with van der Waals surface area (Å²) in [5.41, 5.74) is 12.0. The minimum absolute atomic E-state index is 0.0273. The molecule has 2 aromatic heterocycles. The molecule has 2 aliphatic heterocycles. The molecule has 13 heteroatoms. The number of nitriles is 1. The van der Waals surface area contributed by atoms with Crippen molar-refractivity contribution in [1.29, 1.82) is 5.26 Å². The number of benzene rings is 2. The Kier molecular flexibility index (Phi) is 8.33. The fourth-order valence-corrected chi connectivity index (χ4v) is 6.45. The van der Waals surface area contributed by atoms with Gasteiger partial charge in [0.25, 0.3) is 0 Å². The van der Waals surface area contributed by atoms with E-state index in [4.69, 9.17) is 23.2 Å². The predicted octanol–water partition coefficient (Wildman–Crippen LogP) is 6.56. The monoisotopic (exact) mass is 623 g/mol. The number of halogens is 3. The number of likely N-dealkylation sites (tertiary alicyclic amines) is 1. The van der Waals surface area contributed by atoms with Gasteiger partial charge in [-0.15, -0.1) is 16.9 Å². The van der Waals surface area contributed by atoms with E-state index >= 15 is 0 Å². The summed E-state index contributed by atoms with van der Waals surface area (Å²) in [6, 6.07) is 10.3. The summed E-state index contributed by atoms with van der Waals surface area (Å²) >= 11 is 14.3. The maximum absolute atomic E-state index is 13.8. The van der Waals surface area contributed by atoms with Crippen LogP contribution in [0.3, 0.4) is 0 Å². The van der Waals surface area contributed by atoms with Crippen molar-refractivity contribution in [1.82, 2.24) is 30.8 Å². The minimum Gasteiger partial charge on any atom is -0.372 e. The van der Waals surface area contributed by atoms with Crippen LogP contribution in [0.4, 0.5) is 21.5 Å². The number of piperidine rings is 1. The number of nitrogens with zero attached hydrogens (tertiary/aromatic N) is 5. The Morgan fingerprint density at radius 3 is 2.69 bits per heavy atom. The summed E-state index contributed by atoms with van der Waals surface area (Å²) in [7, 11) is 0. The van der Waals surface area contributed by atoms with Gasteiger partial charge >= 0.3 is 0 Å². The highest BCUT2D eigenvalue weighted by Crippen LogP contribution is 2.38. The number of thiazole rings is 1. The second kappa shape index (κ2) is 12.3. The van der Waals surface area contributed by atoms with Crippen LogP contribution in [-0.2, 0) is 0 Å². The zero-order chi connectivity index (χ0) is 29.2. The van der Waals surface area contributed by atoms with Crippen molar-refractivity contribution in [3.8, 4) is 6.07 Å². The average molecular weight is 625 g/mol. The van der Waals surface area contributed by atoms with E-state index in [1.807, 2.05) is 18.3 Å². The van der Waals surface area contributed by atoms with Gasteiger partial charge in [-0.1, -0.05) is 30.1 Å². The van der Waals surface area contributed by atoms with Gasteiger partial charge in [-0.05, 0) is 49.7 Å². The second-order valence-electron chi connectivity index (χ2n) is 10.1. The fraction of sp³-hybridized carbons (Fsp3) is 0.276. The lowest BCUT2D eigenvalue weighted by Crippen LogP contribution is -2.48. The van der Waals surface area contributed by atoms with Crippen molar-refractivity contribution >= 4 is 62.5 Å². The van der Waals surface area contributed by atoms with Crippen LogP contribution in [-0.4, -0.2) is 45.6 Å². The molecule has 9 nitrogen and oxygen atoms in total. The number of aromatic nitrogens is 2. The molecule has 0 unspecified atom stereocenters. The van der Waals surface area contributed by atoms with Crippen molar-refractivity contribution in [3.05, 3.63) is 86.4 Å². The maximum Gasteiger partial charge on any atom is 0.141 e. The molecule has 0 spiro atoms. The molecule has 216 valence electrons. The molecule has 1 saturated heterocycles. The van der Waals surface area contributed by atoms with Crippen molar-refractivity contribution < 1.29 is 4.39 Å². The summed E-state index contributed by atoms with van der Waals surface area (Å²) in [6.45, 7) is 5.43. The van der Waals surface area contributed by atoms with E-state index in [0.29, 0.717) is 38.9 Å². The van der Waals surface area contributed by atoms with Gasteiger partial charge in [0, 0.05) is 54.5 Å². The normalized spacial score (nSPS) is 16.6. The van der Waals surface area contributed by atoms with Crippen molar-refractivity contribution in [2.75, 3.05) is 30.3 Å². The molecule has 2 aliphatic rings. The van der Waals surface area contributed by atoms with Crippen LogP contribution in [0.15, 0.2) is 60.1 Å². The lowest BCUT2D eigenvalue weighted by molar-refractivity contribution is 0.112. The molecule has 0 amide bonds. The highest BCUT2D eigenvalue weighted by atomic mass is 35.5. The van der Waals surface area contributed by atoms with E-state index in [2.05, 4.69) is 60.7 Å². The molecule has 0 radical (unpaired) electrons. The Morgan fingerprint density at radius 2 is 1.98 bits per heavy atom. The van der Waals surface area contributed by atoms with Crippen LogP contribution in [0.2, 0.25) is 10.0 Å². The van der Waals surface area contributed by atoms with E-state index in [1.165, 1.54) is 18.3 Å². The quantitative estimate of drug-likeness (QED) is 0.174. The largest absolute Gasteiger partial charge is 0.372 e. The fourth-order valence-electron chi connectivity index (χ4n) is 5.32. The predicted molar refractivity (Wildman–Crippen MR) is 166 cm³/mol. The van der Waals surface area contributed by atoms with Crippen molar-refractivity contribution in [2.24, 2.45) is 0 Å². The molecule has 0 aliphatic carbocycles. The topological polar surface area (TPSA) is 104 Å². The molecule has 42 heavy (non-hydrogen) atoms. The van der Waals surface area contributed by atoms with E-state index in [1.54, 1.807) is 22.9 Å². The average Bonchev–Trinajstić information content (AvgIpc) is 3.72. The van der Waals surface area contributed by atoms with Crippen LogP contribution < -0.4 is 21.6 Å². The number of hydrogen-bond donors (Lipinski definition) is 4. The number of hydrogen-bond acceptors (Lipinski definition) is 10. The number of hydrazine groups is 2. The van der Waals surface area contributed by atoms with E-state index < -0.39 is 5.82 Å². The Morgan fingerprint density at radius 1 is 1.17 bits per heavy atom. The molecule has 4 N–H and O–H groups in total. The third-order valence-electron chi connectivity index (χ3n) is 7.60. The zero-order valence-corrected chi connectivity index (χ0v) is 25.0. The molecular formula is C29H28Cl2FN9S. The maximum atomic E-state index is 13.8. The lowest BCUT2D eigenvalue weighted by Gasteiger charge is -2.35. The third-order valence-corrected chi connectivity index (χ3v) is 9.02. The summed E-state index contributed by atoms with van der Waals surface area (Å²) in [6.07, 6.45) is 7.58. The van der Waals surface area contributed by atoms with Gasteiger partial charge in [-0.2, -0.15) is 5.26 Å². The third kappa shape index (κ3) is 5.82. The molecular weight excluding hydrogens is 596 g/mol. The molecule has 2 aromatic carbocycles. The smallest absolute Gasteiger partial charge is 0.141 e. The lowest BCUT2D eigenvalue weighted by atomic mass is 10.0. The van der Waals surface area contributed by atoms with Gasteiger partial charge in [0.1, 0.15) is 17.9 Å². The summed E-state index contributed by atoms with van der Waals surface area (Å²) < 4.78 is 13.8. The Hall–Kier alpha value is -3.66. The Bertz CT molecular complexity index is 1670. The summed E-state index contributed by atoms with van der Waals surface area (Å²) in [5, 5.41) is 19.9. The van der Waals surface area contributed by atoms with Crippen molar-refractivity contribution in [3.63, 3.8) is 0 Å². The standard InChI is InChI=1S/C29H28Cl2FN9S/c1-2-40-7-5-20(6-8-40)41-15-25(38-39-41)29(26-14-34-16-42-26)37-19-9-21-27(36-18-3-4-24(32)22(30)10-18)17(12-33)13-35-28(21)23(31)11-19/h3-4,9-11,13-16,20,29,37-39H,2,5-8H2,1H3,(H,35,36)/t29-/m1/s1. The van der Waals surface area contributed by atoms with Crippen molar-refractivity contribution in [2.45, 2.75) is 31.8 Å². The van der Waals surface area contributed by atoms with E-state index in [0.717, 1.165) is 48.7 Å². The number of nitrogens with one attached hydrogen (secondary N) is 4. The van der Waals surface area contributed by atoms with E-state index in [9.17, 15) is 9.65 Å². The molecule has 1 atom stereocenters. The van der Waals surface area contributed by atoms with Crippen LogP contribution in [0.5, 0.6) is 0 Å². The molecule has 0 bridgehead atoms. The highest BCUT2D eigenvalue weighted by Gasteiger charge is 2.29. The second-order valence-corrected chi connectivity index (χ2v) is 11.9. The Balaban J connectivity index is 1.34. The van der Waals surface area contributed by atoms with E-state index in [-0.39, 0.29) is 11.1 Å². The SMILES string of the molecule is CCN1CCC(N2C=C([C@@H](Nc3cc(Cl)c4ncc(C#N)c(Nc5ccc(F)c(Cl)c5)c4c3)c3cncs3)NN2)CC1. The number of anilines is 3. The number of pyridine rings is 1. The highest BCUT2D eigenvalue weighted by molar-refractivity contribution is 7.09. The van der Waals surface area contributed by atoms with Gasteiger partial charge in [0.2, 0.25) is 0 Å². The van der Waals surface area contributed by atoms with Crippen LogP contribution in [0.1, 0.15) is 36.2 Å². The number of fused-ring (bicyclic) bond motifs is 1. The van der Waals surface area contributed by atoms with Gasteiger partial charge in [-0.3, -0.25) is 15.0 Å². The first-order valence-corrected chi connectivity index (χ1v) is 15.2. The Labute approximate surface area is 256 Å². The molecule has 6 rings (SSSR count). The van der Waals surface area contributed by atoms with Gasteiger partial charge in [-0.25, -0.2) is 4.39 Å². The van der Waals surface area contributed by atoms with Crippen LogP contribution in [0, 0.1) is 17.1 Å². The first kappa shape index (κ1) is 28.5. The van der Waals surface area contributed by atoms with Gasteiger partial charge in [0.15, 0.2) is 0 Å². The minimum atomic E-state index is -0.528. The molecule has 0 saturated carbocycles. The van der Waals surface area contributed by atoms with Crippen LogP contribution in [0.25, 0.3) is 10.9 Å². The number of rotatable bonds is 8. The van der Waals surface area contributed by atoms with Crippen LogP contribution >= 0.6 is 34.5 Å². The first-order chi connectivity index (χ1) is 20.4. The van der Waals surface area contributed by atoms with Gasteiger partial charge in [0.05, 0.1) is 42.9 Å². The molecule has 4 aromatic rings. The van der Waals surface area contributed by atoms with Gasteiger partial charge < -0.3 is 21.0 Å². The summed E-state index contributed by atoms with van der Waals surface area (Å²) in [4.78, 5) is 12.2. The zero-order valence-electron chi connectivity index (χ0n) is 22.7. The molecule has 1 fully saturated rings. The molecule has 4 heterocycles. The first-order valence-electron chi connectivity index (χ1n) is 13.6.